The van der Waals surface area contributed by atoms with Gasteiger partial charge in [0, 0.05) is 7.11 Å². The molecule has 0 radical (unpaired) electrons. The second kappa shape index (κ2) is 3.42. The Balaban J connectivity index is 2.56. The Hall–Kier alpha value is -0.760. The van der Waals surface area contributed by atoms with Gasteiger partial charge in [-0.25, -0.2) is 0 Å². The number of allylic oxidation sites excluding steroid dienone is 2. The maximum absolute atomic E-state index is 5.08. The highest BCUT2D eigenvalue weighted by Gasteiger charge is 2.03. The zero-order valence-electron chi connectivity index (χ0n) is 6.42. The summed E-state index contributed by atoms with van der Waals surface area (Å²) in [6, 6.07) is 0. The van der Waals surface area contributed by atoms with Crippen LogP contribution in [0.3, 0.4) is 0 Å². The zero-order valence-corrected chi connectivity index (χ0v) is 6.42. The van der Waals surface area contributed by atoms with Gasteiger partial charge in [-0.05, 0) is 30.3 Å². The Morgan fingerprint density at radius 3 is 3.10 bits per heavy atom. The van der Waals surface area contributed by atoms with Crippen LogP contribution in [0.4, 0.5) is 0 Å². The molecule has 1 aliphatic heterocycles. The van der Waals surface area contributed by atoms with Crippen molar-refractivity contribution in [1.29, 1.82) is 0 Å². The summed E-state index contributed by atoms with van der Waals surface area (Å²) in [6.07, 6.45) is 7.21. The van der Waals surface area contributed by atoms with Crippen molar-refractivity contribution in [3.8, 4) is 0 Å². The monoisotopic (exact) mass is 139 g/mol. The first-order valence-electron chi connectivity index (χ1n) is 3.53. The average Bonchev–Trinajstić information content (AvgIpc) is 2.05. The zero-order chi connectivity index (χ0) is 7.40. The average molecular weight is 139 g/mol. The molecule has 0 aromatic rings. The van der Waals surface area contributed by atoms with Crippen LogP contribution < -0.4 is 5.32 Å². The summed E-state index contributed by atoms with van der Waals surface area (Å²) < 4.78 is 5.08. The Bertz CT molecular complexity index is 161. The van der Waals surface area contributed by atoms with Crippen molar-refractivity contribution in [3.63, 3.8) is 0 Å². The van der Waals surface area contributed by atoms with E-state index in [-0.39, 0.29) is 6.23 Å². The molecule has 0 amide bonds. The summed E-state index contributed by atoms with van der Waals surface area (Å²) in [5, 5.41) is 3.05. The molecule has 1 atom stereocenters. The lowest BCUT2D eigenvalue weighted by Gasteiger charge is -2.16. The Kier molecular flexibility index (Phi) is 2.51. The molecule has 0 saturated carbocycles. The van der Waals surface area contributed by atoms with Gasteiger partial charge in [-0.1, -0.05) is 6.92 Å². The van der Waals surface area contributed by atoms with Crippen LogP contribution in [-0.2, 0) is 4.74 Å². The van der Waals surface area contributed by atoms with Gasteiger partial charge in [-0.2, -0.15) is 0 Å². The Morgan fingerprint density at radius 1 is 1.70 bits per heavy atom. The van der Waals surface area contributed by atoms with Gasteiger partial charge in [-0.3, -0.25) is 0 Å². The third-order valence-electron chi connectivity index (χ3n) is 1.59. The highest BCUT2D eigenvalue weighted by molar-refractivity contribution is 5.22. The second-order valence-corrected chi connectivity index (χ2v) is 2.25. The van der Waals surface area contributed by atoms with E-state index in [2.05, 4.69) is 24.4 Å². The summed E-state index contributed by atoms with van der Waals surface area (Å²) in [7, 11) is 1.70. The molecular formula is C8H13NO. The van der Waals surface area contributed by atoms with Crippen LogP contribution in [0, 0.1) is 0 Å². The second-order valence-electron chi connectivity index (χ2n) is 2.25. The Morgan fingerprint density at radius 2 is 2.50 bits per heavy atom. The number of nitrogens with one attached hydrogen (secondary N) is 1. The van der Waals surface area contributed by atoms with Crippen molar-refractivity contribution in [2.45, 2.75) is 19.6 Å². The van der Waals surface area contributed by atoms with Gasteiger partial charge in [0.2, 0.25) is 0 Å². The first kappa shape index (κ1) is 7.35. The lowest BCUT2D eigenvalue weighted by atomic mass is 10.1. The topological polar surface area (TPSA) is 21.3 Å². The quantitative estimate of drug-likeness (QED) is 0.624. The lowest BCUT2D eigenvalue weighted by molar-refractivity contribution is 0.123. The van der Waals surface area contributed by atoms with E-state index in [1.54, 1.807) is 7.11 Å². The standard InChI is InChI=1S/C8H13NO/c1-3-7-4-5-9-8(6-7)10-2/h4-6,8-9H,3H2,1-2H3. The third-order valence-corrected chi connectivity index (χ3v) is 1.59. The number of hydrogen-bond donors (Lipinski definition) is 1. The molecule has 0 fully saturated rings. The maximum Gasteiger partial charge on any atom is 0.146 e. The molecule has 0 bridgehead atoms. The smallest absolute Gasteiger partial charge is 0.146 e. The van der Waals surface area contributed by atoms with Crippen molar-refractivity contribution in [2.24, 2.45) is 0 Å². The molecule has 10 heavy (non-hydrogen) atoms. The number of rotatable bonds is 2. The highest BCUT2D eigenvalue weighted by Crippen LogP contribution is 2.08. The van der Waals surface area contributed by atoms with Crippen molar-refractivity contribution in [3.05, 3.63) is 23.9 Å². The largest absolute Gasteiger partial charge is 0.363 e. The minimum atomic E-state index is 0.0694. The van der Waals surface area contributed by atoms with E-state index in [1.807, 2.05) is 6.20 Å². The van der Waals surface area contributed by atoms with Gasteiger partial charge in [0.15, 0.2) is 0 Å². The van der Waals surface area contributed by atoms with Crippen LogP contribution in [0.25, 0.3) is 0 Å². The van der Waals surface area contributed by atoms with Crippen LogP contribution in [0.2, 0.25) is 0 Å². The molecule has 56 valence electrons. The van der Waals surface area contributed by atoms with Crippen molar-refractivity contribution < 1.29 is 4.74 Å². The Labute approximate surface area is 61.6 Å². The maximum atomic E-state index is 5.08. The molecule has 2 heteroatoms. The summed E-state index contributed by atoms with van der Waals surface area (Å²) in [5.74, 6) is 0. The molecule has 1 aliphatic rings. The fourth-order valence-corrected chi connectivity index (χ4v) is 0.920. The molecule has 0 spiro atoms. The first-order chi connectivity index (χ1) is 4.86. The molecule has 0 aromatic carbocycles. The molecule has 0 aromatic heterocycles. The summed E-state index contributed by atoms with van der Waals surface area (Å²) in [4.78, 5) is 0. The van der Waals surface area contributed by atoms with Crippen LogP contribution in [0.15, 0.2) is 23.9 Å². The van der Waals surface area contributed by atoms with E-state index in [1.165, 1.54) is 5.57 Å². The van der Waals surface area contributed by atoms with Gasteiger partial charge >= 0.3 is 0 Å². The van der Waals surface area contributed by atoms with Gasteiger partial charge < -0.3 is 10.1 Å². The van der Waals surface area contributed by atoms with Crippen molar-refractivity contribution in [1.82, 2.24) is 5.32 Å². The van der Waals surface area contributed by atoms with E-state index in [0.29, 0.717) is 0 Å². The molecule has 0 saturated heterocycles. The number of hydrogen-bond acceptors (Lipinski definition) is 2. The van der Waals surface area contributed by atoms with Crippen molar-refractivity contribution in [2.75, 3.05) is 7.11 Å². The van der Waals surface area contributed by atoms with E-state index >= 15 is 0 Å². The van der Waals surface area contributed by atoms with Gasteiger partial charge in [0.05, 0.1) is 0 Å². The molecular weight excluding hydrogens is 126 g/mol. The molecule has 1 rings (SSSR count). The molecule has 1 unspecified atom stereocenters. The minimum Gasteiger partial charge on any atom is -0.363 e. The summed E-state index contributed by atoms with van der Waals surface area (Å²) in [5.41, 5.74) is 1.32. The van der Waals surface area contributed by atoms with E-state index in [9.17, 15) is 0 Å². The van der Waals surface area contributed by atoms with E-state index < -0.39 is 0 Å². The predicted molar refractivity (Wildman–Crippen MR) is 41.4 cm³/mol. The van der Waals surface area contributed by atoms with E-state index in [4.69, 9.17) is 4.74 Å². The highest BCUT2D eigenvalue weighted by atomic mass is 16.5. The summed E-state index contributed by atoms with van der Waals surface area (Å²) >= 11 is 0. The normalized spacial score (nSPS) is 23.8. The van der Waals surface area contributed by atoms with Crippen LogP contribution >= 0.6 is 0 Å². The molecule has 1 heterocycles. The van der Waals surface area contributed by atoms with Crippen molar-refractivity contribution >= 4 is 0 Å². The number of ether oxygens (including phenoxy) is 1. The third kappa shape index (κ3) is 1.61. The lowest BCUT2D eigenvalue weighted by Crippen LogP contribution is -2.26. The molecule has 2 nitrogen and oxygen atoms in total. The first-order valence-corrected chi connectivity index (χ1v) is 3.53. The SMILES string of the molecule is CCC1=CC(OC)NC=C1. The van der Waals surface area contributed by atoms with Crippen LogP contribution in [0.1, 0.15) is 13.3 Å². The van der Waals surface area contributed by atoms with Gasteiger partial charge in [-0.15, -0.1) is 0 Å². The van der Waals surface area contributed by atoms with Gasteiger partial charge in [0.25, 0.3) is 0 Å². The fraction of sp³-hybridized carbons (Fsp3) is 0.500. The van der Waals surface area contributed by atoms with Crippen LogP contribution in [-0.4, -0.2) is 13.3 Å². The number of methoxy groups -OCH3 is 1. The van der Waals surface area contributed by atoms with Gasteiger partial charge in [0.1, 0.15) is 6.23 Å². The molecule has 1 N–H and O–H groups in total. The minimum absolute atomic E-state index is 0.0694. The number of dihydropyridines is 1. The molecule has 0 aliphatic carbocycles. The van der Waals surface area contributed by atoms with E-state index in [0.717, 1.165) is 6.42 Å². The van der Waals surface area contributed by atoms with Crippen LogP contribution in [0.5, 0.6) is 0 Å². The fourth-order valence-electron chi connectivity index (χ4n) is 0.920. The summed E-state index contributed by atoms with van der Waals surface area (Å²) in [6.45, 7) is 2.13. The predicted octanol–water partition coefficient (Wildman–Crippen LogP) is 1.41.